The lowest BCUT2D eigenvalue weighted by molar-refractivity contribution is -0.123. The van der Waals surface area contributed by atoms with Crippen molar-refractivity contribution in [2.75, 3.05) is 13.1 Å². The normalized spacial score (nSPS) is 14.0. The predicted molar refractivity (Wildman–Crippen MR) is 87.7 cm³/mol. The maximum Gasteiger partial charge on any atom is 0.242 e. The molecule has 0 aliphatic rings. The zero-order valence-corrected chi connectivity index (χ0v) is 13.5. The molecule has 0 radical (unpaired) electrons. The van der Waals surface area contributed by atoms with Gasteiger partial charge in [0.1, 0.15) is 0 Å². The van der Waals surface area contributed by atoms with Crippen molar-refractivity contribution < 1.29 is 4.79 Å². The molecule has 1 amide bonds. The van der Waals surface area contributed by atoms with Crippen molar-refractivity contribution in [2.45, 2.75) is 52.0 Å². The lowest BCUT2D eigenvalue weighted by Gasteiger charge is -2.31. The van der Waals surface area contributed by atoms with E-state index in [4.69, 9.17) is 5.84 Å². The van der Waals surface area contributed by atoms with Gasteiger partial charge in [-0.3, -0.25) is 15.1 Å². The number of carbonyl (C=O) groups excluding carboxylic acids is 1. The first-order valence-electron chi connectivity index (χ1n) is 7.93. The van der Waals surface area contributed by atoms with Crippen LogP contribution < -0.4 is 11.3 Å². The van der Waals surface area contributed by atoms with Crippen molar-refractivity contribution >= 4 is 5.91 Å². The van der Waals surface area contributed by atoms with Crippen LogP contribution >= 0.6 is 0 Å². The molecule has 0 aromatic heterocycles. The smallest absolute Gasteiger partial charge is 0.242 e. The molecule has 1 aromatic carbocycles. The minimum absolute atomic E-state index is 0.119. The first-order valence-corrected chi connectivity index (χ1v) is 7.93. The van der Waals surface area contributed by atoms with Crippen LogP contribution in [0.5, 0.6) is 0 Å². The molecule has 0 aliphatic heterocycles. The third-order valence-corrected chi connectivity index (χ3v) is 4.09. The van der Waals surface area contributed by atoms with E-state index in [0.717, 1.165) is 31.4 Å². The summed E-state index contributed by atoms with van der Waals surface area (Å²) >= 11 is 0. The highest BCUT2D eigenvalue weighted by Gasteiger charge is 2.24. The number of nitrogens with zero attached hydrogens (tertiary/aromatic N) is 1. The molecule has 0 spiro atoms. The zero-order chi connectivity index (χ0) is 15.7. The van der Waals surface area contributed by atoms with Gasteiger partial charge in [-0.05, 0) is 31.9 Å². The molecule has 0 aliphatic carbocycles. The molecule has 4 heteroatoms. The zero-order valence-electron chi connectivity index (χ0n) is 13.5. The largest absolute Gasteiger partial charge is 0.300 e. The number of amides is 1. The fourth-order valence-corrected chi connectivity index (χ4v) is 2.47. The maximum atomic E-state index is 12.2. The number of nitrogens with two attached hydrogens (primary N) is 1. The summed E-state index contributed by atoms with van der Waals surface area (Å²) < 4.78 is 0. The van der Waals surface area contributed by atoms with Gasteiger partial charge in [0.15, 0.2) is 0 Å². The first kappa shape index (κ1) is 17.7. The lowest BCUT2D eigenvalue weighted by atomic mass is 9.96. The SMILES string of the molecule is CCCCN(CC(C(=O)NN)c1ccccc1)C(C)CC. The average Bonchev–Trinajstić information content (AvgIpc) is 2.54. The van der Waals surface area contributed by atoms with E-state index < -0.39 is 0 Å². The number of hydrogen-bond acceptors (Lipinski definition) is 3. The van der Waals surface area contributed by atoms with E-state index in [9.17, 15) is 4.79 Å². The van der Waals surface area contributed by atoms with Crippen molar-refractivity contribution in [3.8, 4) is 0 Å². The number of nitrogens with one attached hydrogen (secondary N) is 1. The Morgan fingerprint density at radius 2 is 1.95 bits per heavy atom. The van der Waals surface area contributed by atoms with Crippen LogP contribution in [0, 0.1) is 0 Å². The Hall–Kier alpha value is -1.39. The molecule has 0 bridgehead atoms. The number of hydrogen-bond donors (Lipinski definition) is 2. The molecule has 3 N–H and O–H groups in total. The fourth-order valence-electron chi connectivity index (χ4n) is 2.47. The van der Waals surface area contributed by atoms with Crippen molar-refractivity contribution in [3.05, 3.63) is 35.9 Å². The van der Waals surface area contributed by atoms with Crippen molar-refractivity contribution in [1.29, 1.82) is 0 Å². The summed E-state index contributed by atoms with van der Waals surface area (Å²) in [5.74, 6) is 5.04. The molecule has 118 valence electrons. The Morgan fingerprint density at radius 3 is 2.48 bits per heavy atom. The van der Waals surface area contributed by atoms with E-state index >= 15 is 0 Å². The number of rotatable bonds is 9. The highest BCUT2D eigenvalue weighted by molar-refractivity contribution is 5.83. The number of unbranched alkanes of at least 4 members (excludes halogenated alkanes) is 1. The summed E-state index contributed by atoms with van der Waals surface area (Å²) in [7, 11) is 0. The standard InChI is InChI=1S/C17H29N3O/c1-4-6-12-20(14(3)5-2)13-16(17(21)19-18)15-10-8-7-9-11-15/h7-11,14,16H,4-6,12-13,18H2,1-3H3,(H,19,21). The minimum Gasteiger partial charge on any atom is -0.300 e. The van der Waals surface area contributed by atoms with E-state index in [0.29, 0.717) is 12.6 Å². The molecular weight excluding hydrogens is 262 g/mol. The highest BCUT2D eigenvalue weighted by atomic mass is 16.2. The molecule has 0 fully saturated rings. The van der Waals surface area contributed by atoms with Gasteiger partial charge >= 0.3 is 0 Å². The Bertz CT molecular complexity index is 408. The number of carbonyl (C=O) groups is 1. The summed E-state index contributed by atoms with van der Waals surface area (Å²) in [5.41, 5.74) is 3.34. The monoisotopic (exact) mass is 291 g/mol. The fraction of sp³-hybridized carbons (Fsp3) is 0.588. The third-order valence-electron chi connectivity index (χ3n) is 4.09. The molecule has 4 nitrogen and oxygen atoms in total. The molecule has 1 aromatic rings. The van der Waals surface area contributed by atoms with Gasteiger partial charge in [-0.25, -0.2) is 5.84 Å². The van der Waals surface area contributed by atoms with Crippen LogP contribution in [-0.2, 0) is 4.79 Å². The van der Waals surface area contributed by atoms with Crippen molar-refractivity contribution in [1.82, 2.24) is 10.3 Å². The molecule has 0 heterocycles. The van der Waals surface area contributed by atoms with Crippen LogP contribution in [0.2, 0.25) is 0 Å². The topological polar surface area (TPSA) is 58.4 Å². The van der Waals surface area contributed by atoms with E-state index in [1.54, 1.807) is 0 Å². The van der Waals surface area contributed by atoms with E-state index in [-0.39, 0.29) is 11.8 Å². The average molecular weight is 291 g/mol. The Morgan fingerprint density at radius 1 is 1.29 bits per heavy atom. The van der Waals surface area contributed by atoms with Crippen LogP contribution in [-0.4, -0.2) is 29.9 Å². The third kappa shape index (κ3) is 5.48. The van der Waals surface area contributed by atoms with Crippen LogP contribution in [0.1, 0.15) is 51.5 Å². The van der Waals surface area contributed by atoms with E-state index in [1.165, 1.54) is 0 Å². The van der Waals surface area contributed by atoms with Gasteiger partial charge in [0.05, 0.1) is 5.92 Å². The van der Waals surface area contributed by atoms with E-state index in [2.05, 4.69) is 31.1 Å². The summed E-state index contributed by atoms with van der Waals surface area (Å²) in [6, 6.07) is 10.3. The number of hydrazine groups is 1. The van der Waals surface area contributed by atoms with Gasteiger partial charge in [-0.1, -0.05) is 50.6 Å². The van der Waals surface area contributed by atoms with E-state index in [1.807, 2.05) is 30.3 Å². The predicted octanol–water partition coefficient (Wildman–Crippen LogP) is 2.66. The molecule has 0 saturated heterocycles. The van der Waals surface area contributed by atoms with Crippen molar-refractivity contribution in [2.24, 2.45) is 5.84 Å². The Labute approximate surface area is 128 Å². The summed E-state index contributed by atoms with van der Waals surface area (Å²) in [4.78, 5) is 14.6. The molecule has 2 unspecified atom stereocenters. The quantitative estimate of drug-likeness (QED) is 0.418. The molecule has 21 heavy (non-hydrogen) atoms. The van der Waals surface area contributed by atoms with Gasteiger partial charge < -0.3 is 0 Å². The lowest BCUT2D eigenvalue weighted by Crippen LogP contribution is -2.43. The second kappa shape index (κ2) is 9.53. The number of benzene rings is 1. The second-order valence-corrected chi connectivity index (χ2v) is 5.58. The maximum absolute atomic E-state index is 12.2. The molecule has 1 rings (SSSR count). The van der Waals surface area contributed by atoms with Gasteiger partial charge in [0.2, 0.25) is 5.91 Å². The molecular formula is C17H29N3O. The van der Waals surface area contributed by atoms with Crippen LogP contribution in [0.15, 0.2) is 30.3 Å². The second-order valence-electron chi connectivity index (χ2n) is 5.58. The van der Waals surface area contributed by atoms with Crippen LogP contribution in [0.25, 0.3) is 0 Å². The minimum atomic E-state index is -0.220. The van der Waals surface area contributed by atoms with Crippen molar-refractivity contribution in [3.63, 3.8) is 0 Å². The first-order chi connectivity index (χ1) is 10.1. The highest BCUT2D eigenvalue weighted by Crippen LogP contribution is 2.19. The van der Waals surface area contributed by atoms with Gasteiger partial charge in [-0.2, -0.15) is 0 Å². The van der Waals surface area contributed by atoms with Crippen LogP contribution in [0.4, 0.5) is 0 Å². The van der Waals surface area contributed by atoms with Gasteiger partial charge in [0.25, 0.3) is 0 Å². The molecule has 2 atom stereocenters. The van der Waals surface area contributed by atoms with Gasteiger partial charge in [0, 0.05) is 12.6 Å². The molecule has 0 saturated carbocycles. The summed E-state index contributed by atoms with van der Waals surface area (Å²) in [6.07, 6.45) is 3.39. The van der Waals surface area contributed by atoms with Crippen LogP contribution in [0.3, 0.4) is 0 Å². The Balaban J connectivity index is 2.89. The Kier molecular flexibility index (Phi) is 8.01. The summed E-state index contributed by atoms with van der Waals surface area (Å²) in [6.45, 7) is 8.33. The summed E-state index contributed by atoms with van der Waals surface area (Å²) in [5, 5.41) is 0. The van der Waals surface area contributed by atoms with Gasteiger partial charge in [-0.15, -0.1) is 0 Å².